The van der Waals surface area contributed by atoms with E-state index in [2.05, 4.69) is 48.2 Å². The Balaban J connectivity index is 1.49. The zero-order valence-corrected chi connectivity index (χ0v) is 38.1. The van der Waals surface area contributed by atoms with Gasteiger partial charge in [-0.25, -0.2) is 18.7 Å². The van der Waals surface area contributed by atoms with Crippen LogP contribution in [0.25, 0.3) is 11.4 Å². The molecule has 2 N–H and O–H groups in total. The first kappa shape index (κ1) is 49.3. The molecule has 5 aromatic rings. The fourth-order valence-electron chi connectivity index (χ4n) is 7.23. The molecule has 0 amide bonds. The molecule has 66 heavy (non-hydrogen) atoms. The molecular formula is C50H54N8O8. The van der Waals surface area contributed by atoms with E-state index < -0.39 is 34.8 Å². The zero-order valence-electron chi connectivity index (χ0n) is 38.1. The Bertz CT molecular complexity index is 2660. The van der Waals surface area contributed by atoms with E-state index in [9.17, 15) is 39.9 Å². The first-order chi connectivity index (χ1) is 31.8. The molecule has 16 nitrogen and oxygen atoms in total. The molecular weight excluding hydrogens is 841 g/mol. The molecule has 0 saturated heterocycles. The van der Waals surface area contributed by atoms with E-state index in [0.29, 0.717) is 0 Å². The van der Waals surface area contributed by atoms with Crippen molar-refractivity contribution in [3.8, 4) is 35.3 Å². The van der Waals surface area contributed by atoms with Crippen LogP contribution in [-0.2, 0) is 9.47 Å². The lowest BCUT2D eigenvalue weighted by Crippen LogP contribution is -2.24. The molecule has 2 atom stereocenters. The van der Waals surface area contributed by atoms with E-state index in [-0.39, 0.29) is 92.6 Å². The van der Waals surface area contributed by atoms with Gasteiger partial charge in [0.05, 0.1) is 47.1 Å². The van der Waals surface area contributed by atoms with E-state index in [4.69, 9.17) is 9.47 Å². The Labute approximate surface area is 383 Å². The smallest absolute Gasteiger partial charge is 0.338 e. The van der Waals surface area contributed by atoms with Crippen molar-refractivity contribution in [1.29, 1.82) is 10.5 Å². The van der Waals surface area contributed by atoms with Crippen molar-refractivity contribution in [2.45, 2.75) is 92.9 Å². The maximum atomic E-state index is 13.8. The molecule has 2 heterocycles. The maximum Gasteiger partial charge on any atom is 0.338 e. The van der Waals surface area contributed by atoms with Gasteiger partial charge in [0, 0.05) is 11.1 Å². The van der Waals surface area contributed by atoms with Crippen LogP contribution in [0.4, 0.5) is 22.7 Å². The molecule has 3 aromatic carbocycles. The molecule has 0 saturated carbocycles. The number of ether oxygens (including phenoxy) is 2. The topological polar surface area (TPSA) is 234 Å². The van der Waals surface area contributed by atoms with E-state index in [1.165, 1.54) is 50.2 Å². The quantitative estimate of drug-likeness (QED) is 0.0554. The number of benzene rings is 3. The number of aromatic nitrogens is 2. The van der Waals surface area contributed by atoms with Gasteiger partial charge < -0.3 is 19.7 Å². The molecule has 0 aliphatic rings. The van der Waals surface area contributed by atoms with Gasteiger partial charge in [0.15, 0.2) is 11.4 Å². The number of carbonyl (C=O) groups excluding carboxylic acids is 2. The van der Waals surface area contributed by atoms with Crippen molar-refractivity contribution in [2.24, 2.45) is 32.3 Å². The molecule has 16 heteroatoms. The van der Waals surface area contributed by atoms with Crippen molar-refractivity contribution in [3.63, 3.8) is 0 Å². The van der Waals surface area contributed by atoms with E-state index >= 15 is 0 Å². The summed E-state index contributed by atoms with van der Waals surface area (Å²) in [4.78, 5) is 53.5. The molecule has 0 radical (unpaired) electrons. The van der Waals surface area contributed by atoms with Gasteiger partial charge in [-0.3, -0.25) is 9.59 Å². The highest BCUT2D eigenvalue weighted by molar-refractivity contribution is 5.91. The molecule has 0 aliphatic heterocycles. The Morgan fingerprint density at radius 3 is 1.38 bits per heavy atom. The molecule has 5 rings (SSSR count). The SMILES string of the molecule is CCCCC(CC)COC(=O)c1cccc(N=Nc2c(C)c(C#N)c(=O)n(-c3cccc(-n4c(O)c(N=Nc5cccc(C(=O)OCC(CC)CCCC)c5)c(C)c(C#N)c4=O)c3)c2O)c1. The van der Waals surface area contributed by atoms with Gasteiger partial charge in [-0.15, -0.1) is 10.2 Å². The second-order valence-corrected chi connectivity index (χ2v) is 15.9. The van der Waals surface area contributed by atoms with Crippen molar-refractivity contribution in [2.75, 3.05) is 13.2 Å². The summed E-state index contributed by atoms with van der Waals surface area (Å²) < 4.78 is 12.8. The second kappa shape index (κ2) is 23.3. The Morgan fingerprint density at radius 2 is 1.02 bits per heavy atom. The van der Waals surface area contributed by atoms with E-state index in [1.807, 2.05) is 12.1 Å². The summed E-state index contributed by atoms with van der Waals surface area (Å²) in [6, 6.07) is 21.7. The van der Waals surface area contributed by atoms with E-state index in [1.54, 1.807) is 36.4 Å². The fraction of sp³-hybridized carbons (Fsp3) is 0.360. The standard InChI is InChI=1S/C50H54N8O8/c1-7-11-16-33(9-3)29-65-49(63)35-18-13-20-37(24-35)53-55-43-31(5)41(27-51)45(59)57(47(43)61)39-22-15-23-40(26-39)58-46(60)42(28-52)32(6)44(48(58)62)56-54-38-21-14-19-36(25-38)50(64)66-30-34(10-4)17-12-8-2/h13-15,18-26,33-34,61-62H,7-12,16-17,29-30H2,1-6H3. The summed E-state index contributed by atoms with van der Waals surface area (Å²) in [7, 11) is 0. The highest BCUT2D eigenvalue weighted by Crippen LogP contribution is 2.37. The van der Waals surface area contributed by atoms with Gasteiger partial charge in [0.25, 0.3) is 11.1 Å². The average Bonchev–Trinajstić information content (AvgIpc) is 3.32. The van der Waals surface area contributed by atoms with Gasteiger partial charge in [-0.05, 0) is 93.1 Å². The molecule has 0 bridgehead atoms. The first-order valence-corrected chi connectivity index (χ1v) is 22.1. The first-order valence-electron chi connectivity index (χ1n) is 22.1. The van der Waals surface area contributed by atoms with Crippen LogP contribution < -0.4 is 11.1 Å². The van der Waals surface area contributed by atoms with Crippen molar-refractivity contribution >= 4 is 34.7 Å². The number of carbonyl (C=O) groups is 2. The predicted molar refractivity (Wildman–Crippen MR) is 248 cm³/mol. The van der Waals surface area contributed by atoms with Crippen molar-refractivity contribution in [1.82, 2.24) is 9.13 Å². The zero-order chi connectivity index (χ0) is 47.9. The Kier molecular flexibility index (Phi) is 17.4. The minimum Gasteiger partial charge on any atom is -0.493 e. The number of unbranched alkanes of at least 4 members (excludes halogenated alkanes) is 2. The number of aromatic hydroxyl groups is 2. The number of nitrogens with zero attached hydrogens (tertiary/aromatic N) is 8. The van der Waals surface area contributed by atoms with Crippen molar-refractivity contribution < 1.29 is 29.3 Å². The molecule has 0 spiro atoms. The molecule has 2 aromatic heterocycles. The number of azo groups is 2. The Hall–Kier alpha value is -7.72. The van der Waals surface area contributed by atoms with Gasteiger partial charge in [0.1, 0.15) is 23.3 Å². The lowest BCUT2D eigenvalue weighted by molar-refractivity contribution is 0.0419. The fourth-order valence-corrected chi connectivity index (χ4v) is 7.23. The lowest BCUT2D eigenvalue weighted by atomic mass is 10.0. The summed E-state index contributed by atoms with van der Waals surface area (Å²) in [6.07, 6.45) is 7.83. The van der Waals surface area contributed by atoms with Gasteiger partial charge in [-0.2, -0.15) is 20.8 Å². The third-order valence-corrected chi connectivity index (χ3v) is 11.4. The minimum absolute atomic E-state index is 0.0282. The number of hydrogen-bond donors (Lipinski definition) is 2. The van der Waals surface area contributed by atoms with Gasteiger partial charge in [0.2, 0.25) is 11.8 Å². The summed E-state index contributed by atoms with van der Waals surface area (Å²) in [5.74, 6) is -1.97. The summed E-state index contributed by atoms with van der Waals surface area (Å²) >= 11 is 0. The highest BCUT2D eigenvalue weighted by atomic mass is 16.5. The lowest BCUT2D eigenvalue weighted by Gasteiger charge is -2.16. The van der Waals surface area contributed by atoms with Crippen LogP contribution >= 0.6 is 0 Å². The van der Waals surface area contributed by atoms with Crippen LogP contribution in [0.2, 0.25) is 0 Å². The van der Waals surface area contributed by atoms with Gasteiger partial charge in [-0.1, -0.05) is 84.4 Å². The maximum absolute atomic E-state index is 13.8. The second-order valence-electron chi connectivity index (χ2n) is 15.9. The van der Waals surface area contributed by atoms with Crippen LogP contribution in [0, 0.1) is 48.3 Å². The average molecular weight is 895 g/mol. The number of hydrogen-bond acceptors (Lipinski definition) is 14. The number of nitriles is 2. The van der Waals surface area contributed by atoms with Crippen LogP contribution in [0.3, 0.4) is 0 Å². The third kappa shape index (κ3) is 11.5. The molecule has 0 fully saturated rings. The largest absolute Gasteiger partial charge is 0.493 e. The third-order valence-electron chi connectivity index (χ3n) is 11.4. The molecule has 0 aliphatic carbocycles. The summed E-state index contributed by atoms with van der Waals surface area (Å²) in [5, 5.41) is 60.3. The number of rotatable bonds is 20. The Morgan fingerprint density at radius 1 is 0.621 bits per heavy atom. The van der Waals surface area contributed by atoms with Crippen molar-refractivity contribution in [3.05, 3.63) is 127 Å². The van der Waals surface area contributed by atoms with Gasteiger partial charge >= 0.3 is 11.9 Å². The highest BCUT2D eigenvalue weighted by Gasteiger charge is 2.24. The normalized spacial score (nSPS) is 12.2. The summed E-state index contributed by atoms with van der Waals surface area (Å²) in [6.45, 7) is 11.7. The van der Waals surface area contributed by atoms with Crippen LogP contribution in [-0.4, -0.2) is 44.5 Å². The number of pyridine rings is 2. The summed E-state index contributed by atoms with van der Waals surface area (Å²) in [5.41, 5.74) is -2.15. The van der Waals surface area contributed by atoms with Crippen LogP contribution in [0.5, 0.6) is 11.8 Å². The number of esters is 2. The van der Waals surface area contributed by atoms with Crippen LogP contribution in [0.1, 0.15) is 122 Å². The minimum atomic E-state index is -0.918. The monoisotopic (exact) mass is 894 g/mol. The van der Waals surface area contributed by atoms with Crippen LogP contribution in [0.15, 0.2) is 103 Å². The molecule has 2 unspecified atom stereocenters. The molecule has 342 valence electrons. The van der Waals surface area contributed by atoms with E-state index in [0.717, 1.165) is 60.5 Å². The predicted octanol–water partition coefficient (Wildman–Crippen LogP) is 11.3.